The summed E-state index contributed by atoms with van der Waals surface area (Å²) in [5.41, 5.74) is 3.12. The van der Waals surface area contributed by atoms with Crippen LogP contribution in [0.25, 0.3) is 0 Å². The molecule has 5 rings (SSSR count). The predicted molar refractivity (Wildman–Crippen MR) is 146 cm³/mol. The fourth-order valence-electron chi connectivity index (χ4n) is 4.80. The van der Waals surface area contributed by atoms with Crippen molar-refractivity contribution in [3.8, 4) is 0 Å². The molecule has 2 unspecified atom stereocenters. The summed E-state index contributed by atoms with van der Waals surface area (Å²) in [5.74, 6) is -0.544. The third-order valence-corrected chi connectivity index (χ3v) is 7.52. The number of nitrogens with one attached hydrogen (secondary N) is 1. The zero-order chi connectivity index (χ0) is 26.2. The second-order valence-corrected chi connectivity index (χ2v) is 11.7. The first-order valence-electron chi connectivity index (χ1n) is 12.3. The van der Waals surface area contributed by atoms with Crippen molar-refractivity contribution in [2.75, 3.05) is 13.1 Å². The van der Waals surface area contributed by atoms with Crippen LogP contribution in [0.1, 0.15) is 43.7 Å². The van der Waals surface area contributed by atoms with Crippen molar-refractivity contribution in [1.82, 2.24) is 15.2 Å². The van der Waals surface area contributed by atoms with E-state index in [-0.39, 0.29) is 29.9 Å². The number of aromatic nitrogens is 1. The van der Waals surface area contributed by atoms with Gasteiger partial charge < -0.3 is 15.0 Å². The number of amides is 2. The van der Waals surface area contributed by atoms with Crippen molar-refractivity contribution in [3.05, 3.63) is 87.0 Å². The van der Waals surface area contributed by atoms with Gasteiger partial charge >= 0.3 is 6.09 Å². The van der Waals surface area contributed by atoms with E-state index >= 15 is 0 Å². The number of thiazole rings is 1. The van der Waals surface area contributed by atoms with Gasteiger partial charge in [0, 0.05) is 47.5 Å². The average Bonchev–Trinajstić information content (AvgIpc) is 3.52. The summed E-state index contributed by atoms with van der Waals surface area (Å²) in [6.45, 7) is 6.69. The number of likely N-dealkylation sites (tertiary alicyclic amines) is 1. The molecule has 1 aromatic carbocycles. The lowest BCUT2D eigenvalue weighted by Crippen LogP contribution is -2.40. The lowest BCUT2D eigenvalue weighted by atomic mass is 9.82. The molecule has 3 atom stereocenters. The molecule has 2 aromatic rings. The molecule has 0 bridgehead atoms. The van der Waals surface area contributed by atoms with Gasteiger partial charge in [0.05, 0.1) is 17.5 Å². The molecular weight excluding hydrogens is 508 g/mol. The number of aliphatic imine (C=N–C) groups is 1. The Balaban J connectivity index is 1.38. The molecule has 0 saturated carbocycles. The number of fused-ring (bicyclic) bond motifs is 1. The van der Waals surface area contributed by atoms with E-state index in [1.54, 1.807) is 22.3 Å². The SMILES string of the molecule is CC(C)(C)OC(=O)N1CC[C@H](NC2=CC(=O)N=C3C=CC(C(c4ccc(Cl)cc4)c4nccs4)=CC23)C1. The molecule has 2 amide bonds. The first-order valence-corrected chi connectivity index (χ1v) is 13.6. The van der Waals surface area contributed by atoms with Gasteiger partial charge in [-0.1, -0.05) is 35.9 Å². The normalized spacial score (nSPS) is 22.1. The number of rotatable bonds is 5. The quantitative estimate of drug-likeness (QED) is 0.545. The van der Waals surface area contributed by atoms with E-state index in [1.807, 2.05) is 68.8 Å². The Morgan fingerprint density at radius 3 is 2.73 bits per heavy atom. The number of carbonyl (C=O) groups is 2. The highest BCUT2D eigenvalue weighted by atomic mass is 35.5. The van der Waals surface area contributed by atoms with Crippen molar-refractivity contribution < 1.29 is 14.3 Å². The van der Waals surface area contributed by atoms with Crippen LogP contribution in [0, 0.1) is 5.92 Å². The molecule has 1 fully saturated rings. The molecule has 2 aliphatic heterocycles. The number of carbonyl (C=O) groups excluding carboxylic acids is 2. The molecule has 3 heterocycles. The molecule has 1 aromatic heterocycles. The van der Waals surface area contributed by atoms with E-state index in [0.29, 0.717) is 23.8 Å². The number of allylic oxidation sites excluding steroid dienone is 4. The molecule has 7 nitrogen and oxygen atoms in total. The lowest BCUT2D eigenvalue weighted by Gasteiger charge is -2.29. The Bertz CT molecular complexity index is 1310. The largest absolute Gasteiger partial charge is 0.444 e. The number of nitrogens with zero attached hydrogens (tertiary/aromatic N) is 3. The molecule has 9 heteroatoms. The summed E-state index contributed by atoms with van der Waals surface area (Å²) < 4.78 is 5.53. The second kappa shape index (κ2) is 10.3. The van der Waals surface area contributed by atoms with E-state index in [1.165, 1.54) is 0 Å². The molecule has 0 spiro atoms. The van der Waals surface area contributed by atoms with Crippen molar-refractivity contribution in [2.24, 2.45) is 10.9 Å². The maximum absolute atomic E-state index is 12.5. The van der Waals surface area contributed by atoms with Crippen LogP contribution in [0.15, 0.2) is 76.4 Å². The summed E-state index contributed by atoms with van der Waals surface area (Å²) in [6, 6.07) is 7.84. The standard InChI is InChI=1S/C28H29ClN4O3S/c1-28(2,3)36-27(35)33-12-10-20(16-33)31-23-15-24(34)32-22-9-6-18(14-21(22)23)25(26-30-11-13-37-26)17-4-7-19(29)8-5-17/h4-9,11,13-15,20-21,25,31H,10,12,16H2,1-3H3/t20-,21?,25?/m0/s1. The highest BCUT2D eigenvalue weighted by Crippen LogP contribution is 2.38. The maximum atomic E-state index is 12.5. The molecule has 3 aliphatic rings. The summed E-state index contributed by atoms with van der Waals surface area (Å²) in [7, 11) is 0. The van der Waals surface area contributed by atoms with E-state index in [2.05, 4.69) is 21.4 Å². The predicted octanol–water partition coefficient (Wildman–Crippen LogP) is 5.50. The molecule has 1 aliphatic carbocycles. The van der Waals surface area contributed by atoms with Gasteiger partial charge in [0.2, 0.25) is 0 Å². The zero-order valence-electron chi connectivity index (χ0n) is 21.0. The Kier molecular flexibility index (Phi) is 7.05. The fraction of sp³-hybridized carbons (Fsp3) is 0.357. The molecule has 192 valence electrons. The van der Waals surface area contributed by atoms with Crippen LogP contribution in [0.3, 0.4) is 0 Å². The van der Waals surface area contributed by atoms with Crippen LogP contribution in [-0.2, 0) is 9.53 Å². The Morgan fingerprint density at radius 1 is 1.24 bits per heavy atom. The van der Waals surface area contributed by atoms with Gasteiger partial charge in [0.1, 0.15) is 10.6 Å². The molecule has 1 N–H and O–H groups in total. The van der Waals surface area contributed by atoms with Gasteiger partial charge in [0.15, 0.2) is 0 Å². The van der Waals surface area contributed by atoms with Gasteiger partial charge in [-0.2, -0.15) is 0 Å². The van der Waals surface area contributed by atoms with E-state index in [4.69, 9.17) is 16.3 Å². The van der Waals surface area contributed by atoms with E-state index in [0.717, 1.165) is 28.3 Å². The average molecular weight is 537 g/mol. The van der Waals surface area contributed by atoms with Crippen LogP contribution in [0.5, 0.6) is 0 Å². The van der Waals surface area contributed by atoms with Gasteiger partial charge in [-0.3, -0.25) is 4.79 Å². The van der Waals surface area contributed by atoms with Gasteiger partial charge in [-0.25, -0.2) is 14.8 Å². The lowest BCUT2D eigenvalue weighted by molar-refractivity contribution is -0.113. The monoisotopic (exact) mass is 536 g/mol. The molecular formula is C28H29ClN4O3S. The summed E-state index contributed by atoms with van der Waals surface area (Å²) in [5, 5.41) is 7.17. The third-order valence-electron chi connectivity index (χ3n) is 6.42. The Labute approximate surface area is 225 Å². The number of dihydropyridines is 1. The first kappa shape index (κ1) is 25.4. The minimum atomic E-state index is -0.542. The van der Waals surface area contributed by atoms with Gasteiger partial charge in [-0.05, 0) is 56.5 Å². The Hall–Kier alpha value is -3.23. The maximum Gasteiger partial charge on any atom is 0.410 e. The second-order valence-electron chi connectivity index (χ2n) is 10.4. The number of ether oxygens (including phenoxy) is 1. The van der Waals surface area contributed by atoms with Crippen LogP contribution in [0.4, 0.5) is 4.79 Å². The number of halogens is 1. The summed E-state index contributed by atoms with van der Waals surface area (Å²) in [6.07, 6.45) is 9.93. The van der Waals surface area contributed by atoms with Crippen LogP contribution < -0.4 is 5.32 Å². The van der Waals surface area contributed by atoms with Crippen molar-refractivity contribution in [1.29, 1.82) is 0 Å². The van der Waals surface area contributed by atoms with Crippen LogP contribution >= 0.6 is 22.9 Å². The van der Waals surface area contributed by atoms with Crippen molar-refractivity contribution in [3.63, 3.8) is 0 Å². The Morgan fingerprint density at radius 2 is 2.03 bits per heavy atom. The number of benzene rings is 1. The van der Waals surface area contributed by atoms with Crippen molar-refractivity contribution in [2.45, 2.75) is 44.8 Å². The van der Waals surface area contributed by atoms with Gasteiger partial charge in [0.25, 0.3) is 5.91 Å². The minimum absolute atomic E-state index is 0.0136. The van der Waals surface area contributed by atoms with E-state index < -0.39 is 5.60 Å². The summed E-state index contributed by atoms with van der Waals surface area (Å²) >= 11 is 7.76. The highest BCUT2D eigenvalue weighted by molar-refractivity contribution is 7.09. The van der Waals surface area contributed by atoms with Crippen LogP contribution in [-0.4, -0.2) is 52.3 Å². The summed E-state index contributed by atoms with van der Waals surface area (Å²) in [4.78, 5) is 35.5. The third kappa shape index (κ3) is 5.86. The first-order chi connectivity index (χ1) is 17.7. The minimum Gasteiger partial charge on any atom is -0.444 e. The van der Waals surface area contributed by atoms with Crippen LogP contribution in [0.2, 0.25) is 5.02 Å². The molecule has 37 heavy (non-hydrogen) atoms. The fourth-order valence-corrected chi connectivity index (χ4v) is 5.71. The zero-order valence-corrected chi connectivity index (χ0v) is 22.6. The highest BCUT2D eigenvalue weighted by Gasteiger charge is 2.34. The van der Waals surface area contributed by atoms with E-state index in [9.17, 15) is 9.59 Å². The number of hydrogen-bond acceptors (Lipinski definition) is 6. The molecule has 1 saturated heterocycles. The van der Waals surface area contributed by atoms with Gasteiger partial charge in [-0.15, -0.1) is 11.3 Å². The molecule has 0 radical (unpaired) electrons. The van der Waals surface area contributed by atoms with Crippen molar-refractivity contribution >= 4 is 40.6 Å². The topological polar surface area (TPSA) is 83.9 Å². The number of hydrogen-bond donors (Lipinski definition) is 1. The smallest absolute Gasteiger partial charge is 0.410 e.